The largest absolute Gasteiger partial charge is 0.346 e. The van der Waals surface area contributed by atoms with Crippen molar-refractivity contribution in [3.63, 3.8) is 0 Å². The summed E-state index contributed by atoms with van der Waals surface area (Å²) in [5.41, 5.74) is 3.15. The highest BCUT2D eigenvalue weighted by Crippen LogP contribution is 2.27. The average molecular weight is 344 g/mol. The number of aromatic nitrogens is 3. The van der Waals surface area contributed by atoms with E-state index in [1.54, 1.807) is 24.1 Å². The molecule has 6 heteroatoms. The van der Waals surface area contributed by atoms with Crippen molar-refractivity contribution in [2.24, 2.45) is 4.99 Å². The van der Waals surface area contributed by atoms with E-state index < -0.39 is 6.67 Å². The number of nitrogens with zero attached hydrogens (tertiary/aromatic N) is 3. The molecule has 0 spiro atoms. The van der Waals surface area contributed by atoms with Crippen molar-refractivity contribution in [3.8, 4) is 5.69 Å². The molecule has 3 rings (SSSR count). The van der Waals surface area contributed by atoms with Crippen LogP contribution in [0.25, 0.3) is 16.6 Å². The monoisotopic (exact) mass is 344 g/mol. The lowest BCUT2D eigenvalue weighted by molar-refractivity contribution is 0.481. The molecule has 0 aliphatic heterocycles. The van der Waals surface area contributed by atoms with Crippen molar-refractivity contribution < 1.29 is 4.39 Å². The van der Waals surface area contributed by atoms with Gasteiger partial charge in [0.25, 0.3) is 0 Å². The number of aromatic amines is 1. The van der Waals surface area contributed by atoms with E-state index in [1.807, 2.05) is 37.3 Å². The number of hydrogen-bond acceptors (Lipinski definition) is 3. The first-order valence-corrected chi connectivity index (χ1v) is 8.18. The number of halogens is 1. The van der Waals surface area contributed by atoms with E-state index in [0.717, 1.165) is 28.7 Å². The minimum absolute atomic E-state index is 0.429. The Bertz CT molecular complexity index is 891. The van der Waals surface area contributed by atoms with Crippen molar-refractivity contribution in [3.05, 3.63) is 52.4 Å². The molecule has 0 radical (unpaired) electrons. The van der Waals surface area contributed by atoms with Gasteiger partial charge in [0.15, 0.2) is 0 Å². The third kappa shape index (κ3) is 3.59. The van der Waals surface area contributed by atoms with E-state index in [1.165, 1.54) is 0 Å². The molecule has 2 heterocycles. The number of benzene rings is 1. The molecule has 1 N–H and O–H groups in total. The van der Waals surface area contributed by atoms with E-state index in [9.17, 15) is 4.39 Å². The maximum Gasteiger partial charge on any atom is 0.119 e. The van der Waals surface area contributed by atoms with Crippen molar-refractivity contribution in [2.75, 3.05) is 7.05 Å². The Hall–Kier alpha value is -2.34. The number of aliphatic imine (C=N–C) groups is 1. The van der Waals surface area contributed by atoms with Gasteiger partial charge < -0.3 is 9.98 Å². The van der Waals surface area contributed by atoms with Crippen LogP contribution < -0.4 is 0 Å². The summed E-state index contributed by atoms with van der Waals surface area (Å²) < 4.78 is 15.7. The maximum absolute atomic E-state index is 13.5. The van der Waals surface area contributed by atoms with Gasteiger partial charge in [-0.2, -0.15) is 5.10 Å². The molecule has 0 fully saturated rings. The van der Waals surface area contributed by atoms with Crippen LogP contribution in [0.2, 0.25) is 0 Å². The predicted octanol–water partition coefficient (Wildman–Crippen LogP) is 4.82. The van der Waals surface area contributed by atoms with Crippen molar-refractivity contribution in [2.45, 2.75) is 26.9 Å². The highest BCUT2D eigenvalue weighted by molar-refractivity contribution is 7.71. The number of H-pyrrole nitrogens is 1. The summed E-state index contributed by atoms with van der Waals surface area (Å²) in [6.45, 7) is 3.33. The third-order valence-electron chi connectivity index (χ3n) is 3.68. The second-order valence-corrected chi connectivity index (χ2v) is 5.47. The van der Waals surface area contributed by atoms with Crippen LogP contribution >= 0.6 is 12.2 Å². The summed E-state index contributed by atoms with van der Waals surface area (Å²) in [7, 11) is 1.75. The van der Waals surface area contributed by atoms with Crippen molar-refractivity contribution in [1.82, 2.24) is 14.8 Å². The van der Waals surface area contributed by atoms with Crippen LogP contribution in [-0.4, -0.2) is 28.0 Å². The Morgan fingerprint density at radius 2 is 2.04 bits per heavy atom. The molecular formula is C18H21FN4S. The normalized spacial score (nSPS) is 10.8. The van der Waals surface area contributed by atoms with Crippen LogP contribution in [-0.2, 0) is 13.1 Å². The van der Waals surface area contributed by atoms with Crippen LogP contribution in [0.15, 0.2) is 41.5 Å². The lowest BCUT2D eigenvalue weighted by atomic mass is 10.1. The molecule has 0 unspecified atom stereocenters. The minimum Gasteiger partial charge on any atom is -0.346 e. The molecule has 4 nitrogen and oxygen atoms in total. The fraction of sp³-hybridized carbons (Fsp3) is 0.278. The molecule has 0 bridgehead atoms. The molecule has 0 saturated heterocycles. The Balaban J connectivity index is 0.000000471. The summed E-state index contributed by atoms with van der Waals surface area (Å²) >= 11 is 5.28. The second-order valence-electron chi connectivity index (χ2n) is 5.06. The van der Waals surface area contributed by atoms with Crippen LogP contribution in [0.5, 0.6) is 0 Å². The van der Waals surface area contributed by atoms with Gasteiger partial charge in [0.2, 0.25) is 0 Å². The smallest absolute Gasteiger partial charge is 0.119 e. The Morgan fingerprint density at radius 1 is 1.33 bits per heavy atom. The first kappa shape index (κ1) is 18.0. The van der Waals surface area contributed by atoms with Crippen molar-refractivity contribution >= 4 is 29.3 Å². The zero-order chi connectivity index (χ0) is 17.5. The quantitative estimate of drug-likeness (QED) is 0.547. The van der Waals surface area contributed by atoms with Crippen LogP contribution in [0, 0.1) is 4.64 Å². The van der Waals surface area contributed by atoms with Gasteiger partial charge in [-0.25, -0.2) is 9.07 Å². The van der Waals surface area contributed by atoms with E-state index in [4.69, 9.17) is 12.2 Å². The first-order valence-electron chi connectivity index (χ1n) is 7.77. The standard InChI is InChI=1S/C15H14FN3S.C3H7N/c1-2-10-7-8-17-19(10)14-11-5-3-4-6-13(11)18-15(20)12(14)9-16;1-3-4-2/h3-8H,2,9H2,1H3,(H,18,20);3H,1-2H3. The van der Waals surface area contributed by atoms with E-state index in [2.05, 4.69) is 22.0 Å². The number of para-hydroxylation sites is 1. The Labute approximate surface area is 146 Å². The SMILES string of the molecule is CC=NC.CCc1ccnn1-c1c(CF)c(=S)[nH]c2ccccc12. The molecule has 0 aliphatic rings. The van der Waals surface area contributed by atoms with Gasteiger partial charge >= 0.3 is 0 Å². The number of rotatable bonds is 3. The lowest BCUT2D eigenvalue weighted by Gasteiger charge is -2.14. The lowest BCUT2D eigenvalue weighted by Crippen LogP contribution is -2.07. The number of alkyl halides is 1. The first-order chi connectivity index (χ1) is 11.7. The van der Waals surface area contributed by atoms with Gasteiger partial charge in [-0.1, -0.05) is 37.3 Å². The Kier molecular flexibility index (Phi) is 6.37. The van der Waals surface area contributed by atoms with Crippen LogP contribution in [0.3, 0.4) is 0 Å². The molecule has 2 aromatic heterocycles. The van der Waals surface area contributed by atoms with Gasteiger partial charge in [0.05, 0.1) is 5.69 Å². The van der Waals surface area contributed by atoms with Crippen molar-refractivity contribution in [1.29, 1.82) is 0 Å². The summed E-state index contributed by atoms with van der Waals surface area (Å²) in [6, 6.07) is 9.69. The summed E-state index contributed by atoms with van der Waals surface area (Å²) in [5, 5.41) is 5.27. The van der Waals surface area contributed by atoms with Gasteiger partial charge in [-0.15, -0.1) is 0 Å². The third-order valence-corrected chi connectivity index (χ3v) is 4.03. The number of hydrogen-bond donors (Lipinski definition) is 1. The topological polar surface area (TPSA) is 46.0 Å². The second kappa shape index (κ2) is 8.49. The van der Waals surface area contributed by atoms with Gasteiger partial charge in [-0.05, 0) is 31.7 Å². The predicted molar refractivity (Wildman–Crippen MR) is 101 cm³/mol. The average Bonchev–Trinajstić information content (AvgIpc) is 3.09. The highest BCUT2D eigenvalue weighted by Gasteiger charge is 2.14. The van der Waals surface area contributed by atoms with Gasteiger partial charge in [0, 0.05) is 35.4 Å². The van der Waals surface area contributed by atoms with Crippen LogP contribution in [0.4, 0.5) is 4.39 Å². The minimum atomic E-state index is -0.613. The fourth-order valence-electron chi connectivity index (χ4n) is 2.43. The molecule has 0 atom stereocenters. The zero-order valence-corrected chi connectivity index (χ0v) is 14.9. The molecular weight excluding hydrogens is 323 g/mol. The zero-order valence-electron chi connectivity index (χ0n) is 14.1. The van der Waals surface area contributed by atoms with E-state index >= 15 is 0 Å². The summed E-state index contributed by atoms with van der Waals surface area (Å²) in [4.78, 5) is 6.69. The molecule has 0 amide bonds. The van der Waals surface area contributed by atoms with Gasteiger partial charge in [-0.3, -0.25) is 0 Å². The van der Waals surface area contributed by atoms with E-state index in [-0.39, 0.29) is 0 Å². The number of aryl methyl sites for hydroxylation is 1. The number of fused-ring (bicyclic) bond motifs is 1. The molecule has 24 heavy (non-hydrogen) atoms. The number of nitrogens with one attached hydrogen (secondary N) is 1. The molecule has 0 aliphatic carbocycles. The molecule has 1 aromatic carbocycles. The fourth-order valence-corrected chi connectivity index (χ4v) is 2.69. The molecule has 126 valence electrons. The van der Waals surface area contributed by atoms with Crippen LogP contribution in [0.1, 0.15) is 25.1 Å². The maximum atomic E-state index is 13.5. The summed E-state index contributed by atoms with van der Waals surface area (Å²) in [5.74, 6) is 0. The number of pyridine rings is 1. The van der Waals surface area contributed by atoms with Gasteiger partial charge in [0.1, 0.15) is 11.3 Å². The summed E-state index contributed by atoms with van der Waals surface area (Å²) in [6.07, 6.45) is 4.31. The van der Waals surface area contributed by atoms with E-state index in [0.29, 0.717) is 10.2 Å². The highest BCUT2D eigenvalue weighted by atomic mass is 32.1. The molecule has 0 saturated carbocycles. The Morgan fingerprint density at radius 3 is 2.67 bits per heavy atom. The molecule has 3 aromatic rings.